The number of carbonyl (C=O) groups excluding carboxylic acids is 4. The van der Waals surface area contributed by atoms with Crippen molar-refractivity contribution in [1.29, 1.82) is 0 Å². The van der Waals surface area contributed by atoms with E-state index in [2.05, 4.69) is 10.6 Å². The molecule has 0 saturated heterocycles. The largest absolute Gasteiger partial charge is 0.480 e. The Labute approximate surface area is 196 Å². The standard InChI is InChI=1S/C22H30N2O10/c1-4-32-16(26)11-15(21(30)33-5-2)18(20(28)29)23-19(27)17(13(3)25)24-22(31)34-12-14-9-7-6-8-10-14/h6-10,13,15,17-18,25H,4-5,11-12H2,1-3H3,(H,23,27)(H,24,31)(H,28,29)/t13-,15-,17+,18-/m1/s1. The van der Waals surface area contributed by atoms with Crippen molar-refractivity contribution >= 4 is 29.9 Å². The fourth-order valence-electron chi connectivity index (χ4n) is 2.86. The number of ether oxygens (including phenoxy) is 3. The lowest BCUT2D eigenvalue weighted by Crippen LogP contribution is -2.58. The normalized spacial score (nSPS) is 14.0. The zero-order chi connectivity index (χ0) is 25.7. The molecule has 0 aromatic heterocycles. The summed E-state index contributed by atoms with van der Waals surface area (Å²) in [5.74, 6) is -6.26. The predicted molar refractivity (Wildman–Crippen MR) is 116 cm³/mol. The molecule has 0 aliphatic rings. The molecule has 1 aromatic carbocycles. The lowest BCUT2D eigenvalue weighted by atomic mass is 9.95. The van der Waals surface area contributed by atoms with Crippen LogP contribution in [0.15, 0.2) is 30.3 Å². The van der Waals surface area contributed by atoms with Crippen LogP contribution in [0.3, 0.4) is 0 Å². The van der Waals surface area contributed by atoms with Crippen molar-refractivity contribution in [3.8, 4) is 0 Å². The maximum atomic E-state index is 12.7. The van der Waals surface area contributed by atoms with Gasteiger partial charge in [0, 0.05) is 0 Å². The Morgan fingerprint density at radius 2 is 1.53 bits per heavy atom. The van der Waals surface area contributed by atoms with E-state index in [1.54, 1.807) is 30.3 Å². The highest BCUT2D eigenvalue weighted by atomic mass is 16.6. The van der Waals surface area contributed by atoms with Crippen molar-refractivity contribution in [3.63, 3.8) is 0 Å². The van der Waals surface area contributed by atoms with Crippen LogP contribution in [0.4, 0.5) is 4.79 Å². The Morgan fingerprint density at radius 1 is 0.912 bits per heavy atom. The SMILES string of the molecule is CCOC(=O)C[C@@H](C(=O)OCC)[C@@H](NC(=O)[C@@H](NC(=O)OCc1ccccc1)[C@@H](C)O)C(=O)O. The average Bonchev–Trinajstić information content (AvgIpc) is 2.78. The second kappa shape index (κ2) is 14.5. The van der Waals surface area contributed by atoms with Gasteiger partial charge in [0.25, 0.3) is 0 Å². The molecule has 4 atom stereocenters. The molecule has 2 amide bonds. The maximum Gasteiger partial charge on any atom is 0.408 e. The van der Waals surface area contributed by atoms with Crippen LogP contribution in [0.5, 0.6) is 0 Å². The van der Waals surface area contributed by atoms with Crippen LogP contribution in [-0.4, -0.2) is 71.5 Å². The third-order valence-electron chi connectivity index (χ3n) is 4.50. The molecule has 0 radical (unpaired) electrons. The van der Waals surface area contributed by atoms with Crippen molar-refractivity contribution in [3.05, 3.63) is 35.9 Å². The first-order valence-corrected chi connectivity index (χ1v) is 10.6. The molecule has 0 aliphatic heterocycles. The molecule has 0 bridgehead atoms. The third kappa shape index (κ3) is 9.45. The summed E-state index contributed by atoms with van der Waals surface area (Å²) in [5, 5.41) is 23.8. The number of hydrogen-bond acceptors (Lipinski definition) is 9. The molecule has 0 fully saturated rings. The first-order valence-electron chi connectivity index (χ1n) is 10.6. The Bertz CT molecular complexity index is 843. The number of amides is 2. The van der Waals surface area contributed by atoms with Gasteiger partial charge in [0.15, 0.2) is 0 Å². The summed E-state index contributed by atoms with van der Waals surface area (Å²) in [4.78, 5) is 60.9. The third-order valence-corrected chi connectivity index (χ3v) is 4.50. The van der Waals surface area contributed by atoms with Gasteiger partial charge < -0.3 is 35.1 Å². The highest BCUT2D eigenvalue weighted by Crippen LogP contribution is 2.15. The number of aliphatic carboxylic acids is 1. The van der Waals surface area contributed by atoms with Crippen LogP contribution in [-0.2, 0) is 40.0 Å². The number of nitrogens with one attached hydrogen (secondary N) is 2. The smallest absolute Gasteiger partial charge is 0.408 e. The fraction of sp³-hybridized carbons (Fsp3) is 0.500. The summed E-state index contributed by atoms with van der Waals surface area (Å²) >= 11 is 0. The second-order valence-electron chi connectivity index (χ2n) is 7.12. The quantitative estimate of drug-likeness (QED) is 0.227. The molecule has 1 rings (SSSR count). The molecular weight excluding hydrogens is 452 g/mol. The monoisotopic (exact) mass is 482 g/mol. The number of alkyl carbamates (subject to hydrolysis) is 1. The summed E-state index contributed by atoms with van der Waals surface area (Å²) in [6, 6.07) is 5.16. The van der Waals surface area contributed by atoms with E-state index >= 15 is 0 Å². The fourth-order valence-corrected chi connectivity index (χ4v) is 2.86. The number of benzene rings is 1. The van der Waals surface area contributed by atoms with E-state index in [-0.39, 0.29) is 19.8 Å². The van der Waals surface area contributed by atoms with E-state index < -0.39 is 60.4 Å². The number of aliphatic hydroxyl groups is 1. The number of carboxylic acid groups (broad SMARTS) is 1. The minimum absolute atomic E-state index is 0.00239. The lowest BCUT2D eigenvalue weighted by Gasteiger charge is -2.26. The van der Waals surface area contributed by atoms with Gasteiger partial charge in [-0.25, -0.2) is 9.59 Å². The first-order chi connectivity index (χ1) is 16.1. The van der Waals surface area contributed by atoms with E-state index in [0.29, 0.717) is 5.56 Å². The number of carboxylic acids is 1. The van der Waals surface area contributed by atoms with E-state index in [0.717, 1.165) is 0 Å². The van der Waals surface area contributed by atoms with E-state index in [1.165, 1.54) is 20.8 Å². The Balaban J connectivity index is 2.95. The highest BCUT2D eigenvalue weighted by molar-refractivity contribution is 5.93. The number of hydrogen-bond donors (Lipinski definition) is 4. The van der Waals surface area contributed by atoms with Crippen LogP contribution >= 0.6 is 0 Å². The van der Waals surface area contributed by atoms with Crippen LogP contribution in [0.1, 0.15) is 32.8 Å². The topological polar surface area (TPSA) is 178 Å². The number of rotatable bonds is 13. The van der Waals surface area contributed by atoms with Crippen molar-refractivity contribution in [2.45, 2.75) is 52.0 Å². The molecule has 188 valence electrons. The number of aliphatic hydroxyl groups excluding tert-OH is 1. The average molecular weight is 482 g/mol. The molecule has 4 N–H and O–H groups in total. The maximum absolute atomic E-state index is 12.7. The van der Waals surface area contributed by atoms with Gasteiger partial charge >= 0.3 is 24.0 Å². The van der Waals surface area contributed by atoms with Gasteiger partial charge in [0.2, 0.25) is 5.91 Å². The summed E-state index contributed by atoms with van der Waals surface area (Å²) in [6.45, 7) is 4.01. The van der Waals surface area contributed by atoms with E-state index in [4.69, 9.17) is 14.2 Å². The summed E-state index contributed by atoms with van der Waals surface area (Å²) in [6.07, 6.45) is -3.16. The lowest BCUT2D eigenvalue weighted by molar-refractivity contribution is -0.160. The van der Waals surface area contributed by atoms with Gasteiger partial charge in [0.05, 0.1) is 31.7 Å². The minimum Gasteiger partial charge on any atom is -0.480 e. The van der Waals surface area contributed by atoms with Gasteiger partial charge in [-0.1, -0.05) is 30.3 Å². The molecule has 12 heteroatoms. The highest BCUT2D eigenvalue weighted by Gasteiger charge is 2.40. The molecule has 0 unspecified atom stereocenters. The minimum atomic E-state index is -1.90. The van der Waals surface area contributed by atoms with Crippen LogP contribution < -0.4 is 10.6 Å². The molecule has 0 heterocycles. The van der Waals surface area contributed by atoms with Crippen LogP contribution in [0, 0.1) is 5.92 Å². The molecule has 34 heavy (non-hydrogen) atoms. The molecule has 0 spiro atoms. The van der Waals surface area contributed by atoms with Crippen molar-refractivity contribution in [1.82, 2.24) is 10.6 Å². The Hall–Kier alpha value is -3.67. The summed E-state index contributed by atoms with van der Waals surface area (Å²) in [7, 11) is 0. The first kappa shape index (κ1) is 28.4. The molecule has 0 saturated carbocycles. The van der Waals surface area contributed by atoms with Gasteiger partial charge in [-0.15, -0.1) is 0 Å². The van der Waals surface area contributed by atoms with Gasteiger partial charge in [-0.05, 0) is 26.3 Å². The van der Waals surface area contributed by atoms with Crippen molar-refractivity contribution in [2.75, 3.05) is 13.2 Å². The molecule has 12 nitrogen and oxygen atoms in total. The summed E-state index contributed by atoms with van der Waals surface area (Å²) in [5.41, 5.74) is 0.679. The molecular formula is C22H30N2O10. The van der Waals surface area contributed by atoms with E-state index in [9.17, 15) is 34.2 Å². The summed E-state index contributed by atoms with van der Waals surface area (Å²) < 4.78 is 14.6. The van der Waals surface area contributed by atoms with Gasteiger partial charge in [-0.2, -0.15) is 0 Å². The number of esters is 2. The zero-order valence-corrected chi connectivity index (χ0v) is 19.2. The Kier molecular flexibility index (Phi) is 12.1. The van der Waals surface area contributed by atoms with Gasteiger partial charge in [-0.3, -0.25) is 14.4 Å². The van der Waals surface area contributed by atoms with Crippen LogP contribution in [0.2, 0.25) is 0 Å². The molecule has 1 aromatic rings. The van der Waals surface area contributed by atoms with Crippen molar-refractivity contribution in [2.24, 2.45) is 5.92 Å². The Morgan fingerprint density at radius 3 is 2.06 bits per heavy atom. The second-order valence-corrected chi connectivity index (χ2v) is 7.12. The molecule has 0 aliphatic carbocycles. The van der Waals surface area contributed by atoms with Crippen molar-refractivity contribution < 1.29 is 48.4 Å². The zero-order valence-electron chi connectivity index (χ0n) is 19.2. The number of carbonyl (C=O) groups is 5. The predicted octanol–water partition coefficient (Wildman–Crippen LogP) is 0.364. The van der Waals surface area contributed by atoms with Crippen LogP contribution in [0.25, 0.3) is 0 Å². The van der Waals surface area contributed by atoms with Gasteiger partial charge in [0.1, 0.15) is 18.7 Å². The van der Waals surface area contributed by atoms with E-state index in [1.807, 2.05) is 0 Å².